The van der Waals surface area contributed by atoms with Gasteiger partial charge in [0.1, 0.15) is 5.82 Å². The predicted molar refractivity (Wildman–Crippen MR) is 54.7 cm³/mol. The van der Waals surface area contributed by atoms with E-state index < -0.39 is 0 Å². The second-order valence-corrected chi connectivity index (χ2v) is 3.64. The topological polar surface area (TPSA) is 23.8 Å². The monoisotopic (exact) mass is 211 g/mol. The number of nitrogens with zero attached hydrogens (tertiary/aromatic N) is 1. The van der Waals surface area contributed by atoms with Crippen LogP contribution in [0.25, 0.3) is 0 Å². The standard InChI is InChI=1S/C11H11ClFN/c1-8(4-3-7-14)11-9(12)5-2-6-10(11)13/h2,5-6,8H,3-4H2,1H3. The zero-order valence-corrected chi connectivity index (χ0v) is 8.68. The molecule has 0 radical (unpaired) electrons. The van der Waals surface area contributed by atoms with E-state index in [0.29, 0.717) is 23.4 Å². The van der Waals surface area contributed by atoms with Gasteiger partial charge in [0.05, 0.1) is 6.07 Å². The quantitative estimate of drug-likeness (QED) is 0.744. The Morgan fingerprint density at radius 3 is 2.86 bits per heavy atom. The lowest BCUT2D eigenvalue weighted by molar-refractivity contribution is 0.577. The first-order valence-corrected chi connectivity index (χ1v) is 4.85. The lowest BCUT2D eigenvalue weighted by atomic mass is 9.96. The van der Waals surface area contributed by atoms with Crippen molar-refractivity contribution in [3.05, 3.63) is 34.6 Å². The average Bonchev–Trinajstić information content (AvgIpc) is 2.14. The largest absolute Gasteiger partial charge is 0.207 e. The Balaban J connectivity index is 2.89. The Morgan fingerprint density at radius 1 is 1.57 bits per heavy atom. The van der Waals surface area contributed by atoms with Crippen LogP contribution in [0.1, 0.15) is 31.2 Å². The van der Waals surface area contributed by atoms with Crippen LogP contribution in [-0.2, 0) is 0 Å². The van der Waals surface area contributed by atoms with E-state index in [1.807, 2.05) is 13.0 Å². The molecule has 0 spiro atoms. The molecule has 0 aliphatic rings. The number of benzene rings is 1. The first kappa shape index (κ1) is 11.0. The van der Waals surface area contributed by atoms with E-state index in [1.54, 1.807) is 12.1 Å². The summed E-state index contributed by atoms with van der Waals surface area (Å²) in [4.78, 5) is 0. The van der Waals surface area contributed by atoms with E-state index in [2.05, 4.69) is 0 Å². The molecule has 1 rings (SSSR count). The molecule has 0 aliphatic heterocycles. The van der Waals surface area contributed by atoms with E-state index in [9.17, 15) is 4.39 Å². The first-order chi connectivity index (χ1) is 6.66. The van der Waals surface area contributed by atoms with Gasteiger partial charge >= 0.3 is 0 Å². The van der Waals surface area contributed by atoms with Crippen molar-refractivity contribution in [2.75, 3.05) is 0 Å². The van der Waals surface area contributed by atoms with Crippen molar-refractivity contribution in [3.8, 4) is 6.07 Å². The van der Waals surface area contributed by atoms with Crippen LogP contribution in [0.15, 0.2) is 18.2 Å². The van der Waals surface area contributed by atoms with Crippen LogP contribution < -0.4 is 0 Å². The Labute approximate surface area is 88.1 Å². The van der Waals surface area contributed by atoms with Gasteiger partial charge in [-0.05, 0) is 24.5 Å². The molecule has 1 unspecified atom stereocenters. The molecule has 74 valence electrons. The maximum absolute atomic E-state index is 13.4. The fraction of sp³-hybridized carbons (Fsp3) is 0.364. The van der Waals surface area contributed by atoms with Crippen LogP contribution in [0, 0.1) is 17.1 Å². The SMILES string of the molecule is CC(CCC#N)c1c(F)cccc1Cl. The van der Waals surface area contributed by atoms with Crippen molar-refractivity contribution in [1.29, 1.82) is 5.26 Å². The van der Waals surface area contributed by atoms with Gasteiger partial charge in [-0.15, -0.1) is 0 Å². The fourth-order valence-corrected chi connectivity index (χ4v) is 1.76. The highest BCUT2D eigenvalue weighted by Crippen LogP contribution is 2.29. The minimum absolute atomic E-state index is 0.0108. The number of hydrogen-bond donors (Lipinski definition) is 0. The molecule has 0 bridgehead atoms. The van der Waals surface area contributed by atoms with Crippen LogP contribution >= 0.6 is 11.6 Å². The molecule has 1 atom stereocenters. The summed E-state index contributed by atoms with van der Waals surface area (Å²) < 4.78 is 13.4. The van der Waals surface area contributed by atoms with E-state index in [1.165, 1.54) is 6.07 Å². The summed E-state index contributed by atoms with van der Waals surface area (Å²) in [6.45, 7) is 1.88. The van der Waals surface area contributed by atoms with Gasteiger partial charge < -0.3 is 0 Å². The van der Waals surface area contributed by atoms with E-state index in [4.69, 9.17) is 16.9 Å². The Kier molecular flexibility index (Phi) is 3.91. The zero-order chi connectivity index (χ0) is 10.6. The van der Waals surface area contributed by atoms with Gasteiger partial charge in [0.25, 0.3) is 0 Å². The van der Waals surface area contributed by atoms with Crippen LogP contribution in [0.4, 0.5) is 4.39 Å². The van der Waals surface area contributed by atoms with Crippen LogP contribution in [-0.4, -0.2) is 0 Å². The summed E-state index contributed by atoms with van der Waals surface area (Å²) in [5.41, 5.74) is 0.518. The van der Waals surface area contributed by atoms with Gasteiger partial charge in [-0.25, -0.2) is 4.39 Å². The van der Waals surface area contributed by atoms with Crippen molar-refractivity contribution in [2.45, 2.75) is 25.7 Å². The molecule has 0 aliphatic carbocycles. The Bertz CT molecular complexity index is 337. The van der Waals surface area contributed by atoms with Crippen molar-refractivity contribution in [2.24, 2.45) is 0 Å². The van der Waals surface area contributed by atoms with E-state index >= 15 is 0 Å². The van der Waals surface area contributed by atoms with Gasteiger partial charge in [-0.3, -0.25) is 0 Å². The van der Waals surface area contributed by atoms with Crippen LogP contribution in [0.3, 0.4) is 0 Å². The molecule has 14 heavy (non-hydrogen) atoms. The second kappa shape index (κ2) is 4.97. The Morgan fingerprint density at radius 2 is 2.29 bits per heavy atom. The van der Waals surface area contributed by atoms with Gasteiger partial charge in [-0.1, -0.05) is 24.6 Å². The normalized spacial score (nSPS) is 12.1. The molecule has 0 saturated carbocycles. The summed E-state index contributed by atoms with van der Waals surface area (Å²) in [5.74, 6) is -0.300. The van der Waals surface area contributed by atoms with Crippen LogP contribution in [0.2, 0.25) is 5.02 Å². The third-order valence-corrected chi connectivity index (χ3v) is 2.51. The Hall–Kier alpha value is -1.07. The van der Waals surface area contributed by atoms with Crippen LogP contribution in [0.5, 0.6) is 0 Å². The molecule has 0 N–H and O–H groups in total. The highest BCUT2D eigenvalue weighted by molar-refractivity contribution is 6.31. The van der Waals surface area contributed by atoms with E-state index in [-0.39, 0.29) is 11.7 Å². The van der Waals surface area contributed by atoms with Gasteiger partial charge in [0.2, 0.25) is 0 Å². The molecule has 0 fully saturated rings. The number of halogens is 2. The summed E-state index contributed by atoms with van der Waals surface area (Å²) in [7, 11) is 0. The zero-order valence-electron chi connectivity index (χ0n) is 7.93. The fourth-order valence-electron chi connectivity index (χ4n) is 1.41. The smallest absolute Gasteiger partial charge is 0.128 e. The maximum Gasteiger partial charge on any atom is 0.128 e. The molecule has 1 nitrogen and oxygen atoms in total. The first-order valence-electron chi connectivity index (χ1n) is 4.47. The molecule has 1 aromatic rings. The van der Waals surface area contributed by atoms with Gasteiger partial charge in [0, 0.05) is 17.0 Å². The lowest BCUT2D eigenvalue weighted by Crippen LogP contribution is -1.98. The predicted octanol–water partition coefficient (Wildman–Crippen LogP) is 3.89. The van der Waals surface area contributed by atoms with Crippen molar-refractivity contribution < 1.29 is 4.39 Å². The third-order valence-electron chi connectivity index (χ3n) is 2.18. The van der Waals surface area contributed by atoms with Gasteiger partial charge in [0.15, 0.2) is 0 Å². The summed E-state index contributed by atoms with van der Waals surface area (Å²) in [6.07, 6.45) is 1.06. The molecule has 1 aromatic carbocycles. The summed E-state index contributed by atoms with van der Waals surface area (Å²) in [5, 5.41) is 8.86. The van der Waals surface area contributed by atoms with Crippen molar-refractivity contribution >= 4 is 11.6 Å². The maximum atomic E-state index is 13.4. The second-order valence-electron chi connectivity index (χ2n) is 3.23. The number of rotatable bonds is 3. The lowest BCUT2D eigenvalue weighted by Gasteiger charge is -2.12. The molecule has 0 amide bonds. The van der Waals surface area contributed by atoms with Crippen molar-refractivity contribution in [3.63, 3.8) is 0 Å². The minimum atomic E-state index is -0.289. The van der Waals surface area contributed by atoms with Gasteiger partial charge in [-0.2, -0.15) is 5.26 Å². The highest BCUT2D eigenvalue weighted by atomic mass is 35.5. The highest BCUT2D eigenvalue weighted by Gasteiger charge is 2.13. The van der Waals surface area contributed by atoms with Crippen molar-refractivity contribution in [1.82, 2.24) is 0 Å². The average molecular weight is 212 g/mol. The number of hydrogen-bond acceptors (Lipinski definition) is 1. The number of nitriles is 1. The molecule has 0 aromatic heterocycles. The molecular formula is C11H11ClFN. The van der Waals surface area contributed by atoms with E-state index in [0.717, 1.165) is 0 Å². The molecular weight excluding hydrogens is 201 g/mol. The summed E-state index contributed by atoms with van der Waals surface area (Å²) in [6, 6.07) is 6.69. The minimum Gasteiger partial charge on any atom is -0.207 e. The third kappa shape index (κ3) is 2.46. The summed E-state index contributed by atoms with van der Waals surface area (Å²) >= 11 is 5.88. The molecule has 0 saturated heterocycles. The molecule has 0 heterocycles. The molecule has 3 heteroatoms.